The summed E-state index contributed by atoms with van der Waals surface area (Å²) in [6.45, 7) is 10.0. The summed E-state index contributed by atoms with van der Waals surface area (Å²) < 4.78 is 0. The van der Waals surface area contributed by atoms with Crippen LogP contribution in [0.1, 0.15) is 5.69 Å². The number of hydrogen-bond acceptors (Lipinski definition) is 6. The molecule has 0 aliphatic heterocycles. The van der Waals surface area contributed by atoms with Crippen LogP contribution in [0.15, 0.2) is 48.9 Å². The zero-order valence-electron chi connectivity index (χ0n) is 17.0. The van der Waals surface area contributed by atoms with Gasteiger partial charge in [-0.05, 0) is 31.2 Å². The van der Waals surface area contributed by atoms with Crippen molar-refractivity contribution in [3.8, 4) is 22.6 Å². The first-order chi connectivity index (χ1) is 15.5. The molecule has 160 valence electrons. The molecule has 0 saturated carbocycles. The number of imidazole rings is 1. The quantitative estimate of drug-likeness (QED) is 0.242. The number of anilines is 2. The van der Waals surface area contributed by atoms with Crippen LogP contribution in [-0.4, -0.2) is 38.0 Å². The van der Waals surface area contributed by atoms with Gasteiger partial charge in [0.1, 0.15) is 11.6 Å². The highest BCUT2D eigenvalue weighted by atomic mass is 35.5. The number of H-pyrrole nitrogens is 1. The molecule has 32 heavy (non-hydrogen) atoms. The molecular weight excluding hydrogens is 447 g/mol. The molecule has 0 aliphatic rings. The molecule has 8 nitrogen and oxygen atoms in total. The van der Waals surface area contributed by atoms with Gasteiger partial charge in [-0.3, -0.25) is 4.98 Å². The smallest absolute Gasteiger partial charge is 0.223 e. The Hall–Kier alpha value is -3.67. The van der Waals surface area contributed by atoms with Crippen molar-refractivity contribution in [2.24, 2.45) is 0 Å². The monoisotopic (exact) mass is 464 g/mol. The van der Waals surface area contributed by atoms with Crippen LogP contribution in [-0.2, 0) is 0 Å². The van der Waals surface area contributed by atoms with Crippen molar-refractivity contribution in [1.29, 1.82) is 0 Å². The molecule has 0 unspecified atom stereocenters. The Bertz CT molecular complexity index is 1280. The number of aromatic nitrogens is 5. The van der Waals surface area contributed by atoms with Crippen molar-refractivity contribution in [2.45, 2.75) is 6.92 Å². The van der Waals surface area contributed by atoms with Gasteiger partial charge < -0.3 is 15.6 Å². The van der Waals surface area contributed by atoms with E-state index in [1.165, 1.54) is 6.20 Å². The number of pyridine rings is 1. The molecule has 0 spiro atoms. The van der Waals surface area contributed by atoms with Gasteiger partial charge in [-0.1, -0.05) is 29.3 Å². The minimum absolute atomic E-state index is 0.455. The first-order valence-electron chi connectivity index (χ1n) is 9.69. The predicted octanol–water partition coefficient (Wildman–Crippen LogP) is 5.62. The molecule has 4 rings (SSSR count). The van der Waals surface area contributed by atoms with Crippen LogP contribution in [0.4, 0.5) is 17.5 Å². The molecule has 3 aromatic heterocycles. The van der Waals surface area contributed by atoms with Crippen molar-refractivity contribution in [3.63, 3.8) is 0 Å². The van der Waals surface area contributed by atoms with Crippen molar-refractivity contribution < 1.29 is 0 Å². The molecule has 3 N–H and O–H groups in total. The summed E-state index contributed by atoms with van der Waals surface area (Å²) in [4.78, 5) is 24.3. The first-order valence-corrected chi connectivity index (χ1v) is 10.4. The topological polar surface area (TPSA) is 95.8 Å². The largest absolute Gasteiger partial charge is 0.368 e. The van der Waals surface area contributed by atoms with E-state index in [0.29, 0.717) is 52.1 Å². The number of hydrogen-bond donors (Lipinski definition) is 3. The SMILES string of the molecule is [C-]#[N+]c1ccc(NCCNc2ncc(-c3ncc(C)[nH]3)c(-c3ccc(Cl)cc3Cl)n2)nc1. The van der Waals surface area contributed by atoms with E-state index in [9.17, 15) is 0 Å². The third kappa shape index (κ3) is 4.97. The van der Waals surface area contributed by atoms with E-state index in [2.05, 4.69) is 35.4 Å². The molecule has 0 atom stereocenters. The fourth-order valence-corrected chi connectivity index (χ4v) is 3.50. The highest BCUT2D eigenvalue weighted by Crippen LogP contribution is 2.35. The normalized spacial score (nSPS) is 10.6. The summed E-state index contributed by atoms with van der Waals surface area (Å²) in [5.41, 5.74) is 3.53. The van der Waals surface area contributed by atoms with Crippen LogP contribution in [0.3, 0.4) is 0 Å². The van der Waals surface area contributed by atoms with Gasteiger partial charge in [-0.2, -0.15) is 0 Å². The summed E-state index contributed by atoms with van der Waals surface area (Å²) >= 11 is 12.5. The van der Waals surface area contributed by atoms with Crippen LogP contribution in [0.5, 0.6) is 0 Å². The van der Waals surface area contributed by atoms with E-state index in [0.717, 1.165) is 16.8 Å². The Morgan fingerprint density at radius 3 is 2.50 bits per heavy atom. The lowest BCUT2D eigenvalue weighted by Crippen LogP contribution is -2.16. The Balaban J connectivity index is 1.53. The van der Waals surface area contributed by atoms with Gasteiger partial charge in [0.15, 0.2) is 0 Å². The third-order valence-corrected chi connectivity index (χ3v) is 5.07. The molecule has 10 heteroatoms. The van der Waals surface area contributed by atoms with E-state index < -0.39 is 0 Å². The van der Waals surface area contributed by atoms with Crippen molar-refractivity contribution in [1.82, 2.24) is 24.9 Å². The van der Waals surface area contributed by atoms with Gasteiger partial charge in [-0.25, -0.2) is 19.8 Å². The number of aromatic amines is 1. The van der Waals surface area contributed by atoms with Gasteiger partial charge in [0.2, 0.25) is 11.6 Å². The van der Waals surface area contributed by atoms with E-state index in [1.807, 2.05) is 13.0 Å². The summed E-state index contributed by atoms with van der Waals surface area (Å²) in [5.74, 6) is 1.80. The second-order valence-electron chi connectivity index (χ2n) is 6.86. The molecule has 0 saturated heterocycles. The molecule has 0 radical (unpaired) electrons. The lowest BCUT2D eigenvalue weighted by molar-refractivity contribution is 1.02. The fraction of sp³-hybridized carbons (Fsp3) is 0.136. The van der Waals surface area contributed by atoms with Crippen LogP contribution in [0, 0.1) is 13.5 Å². The average Bonchev–Trinajstić information content (AvgIpc) is 3.23. The van der Waals surface area contributed by atoms with Crippen LogP contribution < -0.4 is 10.6 Å². The Morgan fingerprint density at radius 2 is 1.81 bits per heavy atom. The Labute approximate surface area is 194 Å². The average molecular weight is 465 g/mol. The second kappa shape index (κ2) is 9.64. The van der Waals surface area contributed by atoms with Gasteiger partial charge >= 0.3 is 0 Å². The summed E-state index contributed by atoms with van der Waals surface area (Å²) in [7, 11) is 0. The van der Waals surface area contributed by atoms with Crippen LogP contribution in [0.25, 0.3) is 27.5 Å². The summed E-state index contributed by atoms with van der Waals surface area (Å²) in [6.07, 6.45) is 4.99. The highest BCUT2D eigenvalue weighted by molar-refractivity contribution is 6.36. The minimum atomic E-state index is 0.455. The number of rotatable bonds is 7. The number of nitrogens with zero attached hydrogens (tertiary/aromatic N) is 5. The van der Waals surface area contributed by atoms with Gasteiger partial charge in [0, 0.05) is 48.0 Å². The van der Waals surface area contributed by atoms with Gasteiger partial charge in [0.25, 0.3) is 0 Å². The molecule has 0 bridgehead atoms. The molecular formula is C22H18Cl2N8. The molecule has 4 aromatic rings. The second-order valence-corrected chi connectivity index (χ2v) is 7.71. The molecule has 0 amide bonds. The fourth-order valence-electron chi connectivity index (χ4n) is 3.00. The molecule has 1 aromatic carbocycles. The predicted molar refractivity (Wildman–Crippen MR) is 127 cm³/mol. The molecule has 0 fully saturated rings. The maximum Gasteiger partial charge on any atom is 0.223 e. The number of halogens is 2. The number of nitrogens with one attached hydrogen (secondary N) is 3. The molecule has 0 aliphatic carbocycles. The standard InChI is InChI=1S/C22H18Cl2N8/c1-13-10-29-21(31-13)17-12-30-22(32-20(17)16-5-3-14(23)9-18(16)24)27-8-7-26-19-6-4-15(25-2)11-28-19/h3-6,9-12H,7-8H2,1H3,(H,26,28)(H,29,31)(H,27,30,32). The number of benzene rings is 1. The van der Waals surface area contributed by atoms with Crippen LogP contribution >= 0.6 is 23.2 Å². The van der Waals surface area contributed by atoms with Gasteiger partial charge in [-0.15, -0.1) is 0 Å². The Morgan fingerprint density at radius 1 is 0.969 bits per heavy atom. The van der Waals surface area contributed by atoms with E-state index >= 15 is 0 Å². The summed E-state index contributed by atoms with van der Waals surface area (Å²) in [6, 6.07) is 8.77. The van der Waals surface area contributed by atoms with E-state index in [1.54, 1.807) is 36.7 Å². The highest BCUT2D eigenvalue weighted by Gasteiger charge is 2.16. The lowest BCUT2D eigenvalue weighted by Gasteiger charge is -2.12. The Kier molecular flexibility index (Phi) is 6.50. The van der Waals surface area contributed by atoms with Crippen molar-refractivity contribution in [2.75, 3.05) is 23.7 Å². The van der Waals surface area contributed by atoms with E-state index in [-0.39, 0.29) is 0 Å². The van der Waals surface area contributed by atoms with Crippen molar-refractivity contribution >= 4 is 40.7 Å². The van der Waals surface area contributed by atoms with Crippen molar-refractivity contribution in [3.05, 3.63) is 76.1 Å². The maximum atomic E-state index is 6.97. The maximum absolute atomic E-state index is 6.97. The zero-order chi connectivity index (χ0) is 22.5. The third-order valence-electron chi connectivity index (χ3n) is 4.52. The van der Waals surface area contributed by atoms with Crippen LogP contribution in [0.2, 0.25) is 10.0 Å². The number of aryl methyl sites for hydroxylation is 1. The first kappa shape index (κ1) is 21.6. The minimum Gasteiger partial charge on any atom is -0.368 e. The molecule has 3 heterocycles. The lowest BCUT2D eigenvalue weighted by atomic mass is 10.1. The van der Waals surface area contributed by atoms with E-state index in [4.69, 9.17) is 34.8 Å². The van der Waals surface area contributed by atoms with Gasteiger partial charge in [0.05, 0.1) is 22.9 Å². The zero-order valence-corrected chi connectivity index (χ0v) is 18.5. The summed E-state index contributed by atoms with van der Waals surface area (Å²) in [5, 5.41) is 7.42.